The molecule has 0 saturated carbocycles. The van der Waals surface area contributed by atoms with Gasteiger partial charge < -0.3 is 15.5 Å². The first-order chi connectivity index (χ1) is 14.1. The summed E-state index contributed by atoms with van der Waals surface area (Å²) < 4.78 is 0. The molecule has 0 aromatic carbocycles. The molecule has 7 nitrogen and oxygen atoms in total. The van der Waals surface area contributed by atoms with Gasteiger partial charge in [0.15, 0.2) is 0 Å². The maximum Gasteiger partial charge on any atom is 0.263 e. The van der Waals surface area contributed by atoms with Crippen molar-refractivity contribution in [1.29, 1.82) is 0 Å². The Morgan fingerprint density at radius 2 is 1.70 bits per heavy atom. The van der Waals surface area contributed by atoms with Crippen molar-refractivity contribution in [2.45, 2.75) is 65.3 Å². The molecule has 2 rings (SSSR count). The van der Waals surface area contributed by atoms with Gasteiger partial charge in [0.1, 0.15) is 5.76 Å². The highest BCUT2D eigenvalue weighted by Crippen LogP contribution is 2.26. The molecule has 168 valence electrons. The van der Waals surface area contributed by atoms with E-state index in [-0.39, 0.29) is 30.1 Å². The van der Waals surface area contributed by atoms with E-state index in [0.717, 1.165) is 48.9 Å². The van der Waals surface area contributed by atoms with Gasteiger partial charge in [-0.25, -0.2) is 0 Å². The lowest BCUT2D eigenvalue weighted by Gasteiger charge is -2.32. The average Bonchev–Trinajstić information content (AvgIpc) is 3.21. The van der Waals surface area contributed by atoms with Crippen LogP contribution in [0.4, 0.5) is 0 Å². The minimum absolute atomic E-state index is 0.203. The summed E-state index contributed by atoms with van der Waals surface area (Å²) in [6, 6.07) is 0.405. The SMILES string of the molecule is C=C(CCNC(=C)C1CCCN1CC(C)(C)C)NCCC(=C)ON1C(=O)CCC1=O. The van der Waals surface area contributed by atoms with Crippen LogP contribution in [0.15, 0.2) is 36.9 Å². The van der Waals surface area contributed by atoms with E-state index in [4.69, 9.17) is 4.84 Å². The first kappa shape index (κ1) is 24.0. The molecule has 2 aliphatic rings. The summed E-state index contributed by atoms with van der Waals surface area (Å²) in [6.45, 7) is 22.5. The number of carbonyl (C=O) groups excluding carboxylic acids is 2. The van der Waals surface area contributed by atoms with Crippen molar-refractivity contribution >= 4 is 11.8 Å². The van der Waals surface area contributed by atoms with E-state index < -0.39 is 0 Å². The van der Waals surface area contributed by atoms with E-state index in [2.05, 4.69) is 56.0 Å². The van der Waals surface area contributed by atoms with E-state index in [1.807, 2.05) is 0 Å². The van der Waals surface area contributed by atoms with E-state index in [9.17, 15) is 9.59 Å². The first-order valence-electron chi connectivity index (χ1n) is 10.9. The van der Waals surface area contributed by atoms with Gasteiger partial charge in [0.2, 0.25) is 0 Å². The smallest absolute Gasteiger partial charge is 0.263 e. The van der Waals surface area contributed by atoms with Crippen molar-refractivity contribution in [3.05, 3.63) is 36.9 Å². The number of nitrogens with zero attached hydrogens (tertiary/aromatic N) is 2. The molecule has 2 N–H and O–H groups in total. The highest BCUT2D eigenvalue weighted by atomic mass is 16.7. The van der Waals surface area contributed by atoms with Crippen LogP contribution in [0.25, 0.3) is 0 Å². The normalized spacial score (nSPS) is 19.8. The second-order valence-electron chi connectivity index (χ2n) is 9.38. The van der Waals surface area contributed by atoms with Crippen molar-refractivity contribution in [2.75, 3.05) is 26.2 Å². The van der Waals surface area contributed by atoms with Crippen LogP contribution in [0.5, 0.6) is 0 Å². The summed E-state index contributed by atoms with van der Waals surface area (Å²) in [4.78, 5) is 30.9. The lowest BCUT2D eigenvalue weighted by Crippen LogP contribution is -2.40. The fourth-order valence-corrected chi connectivity index (χ4v) is 3.81. The fraction of sp³-hybridized carbons (Fsp3) is 0.652. The monoisotopic (exact) mass is 418 g/mol. The Balaban J connectivity index is 1.60. The van der Waals surface area contributed by atoms with Crippen molar-refractivity contribution in [3.63, 3.8) is 0 Å². The Hall–Kier alpha value is -2.28. The van der Waals surface area contributed by atoms with E-state index in [1.165, 1.54) is 6.42 Å². The standard InChI is InChI=1S/C23H38N4O3/c1-17(24-14-12-18(2)30-27-21(28)9-10-22(27)29)11-13-25-19(3)20-8-7-15-26(20)16-23(4,5)6/h20,24-25H,1-3,7-16H2,4-6H3. The van der Waals surface area contributed by atoms with Gasteiger partial charge in [0.25, 0.3) is 11.8 Å². The zero-order valence-corrected chi connectivity index (χ0v) is 18.9. The maximum absolute atomic E-state index is 11.6. The number of hydrogen-bond acceptors (Lipinski definition) is 6. The molecule has 2 aliphatic heterocycles. The number of nitrogens with one attached hydrogen (secondary N) is 2. The van der Waals surface area contributed by atoms with Crippen LogP contribution in [0.3, 0.4) is 0 Å². The molecule has 0 aromatic rings. The molecular formula is C23H38N4O3. The van der Waals surface area contributed by atoms with E-state index >= 15 is 0 Å². The van der Waals surface area contributed by atoms with Crippen LogP contribution in [0.1, 0.15) is 59.3 Å². The molecule has 0 bridgehead atoms. The fourth-order valence-electron chi connectivity index (χ4n) is 3.81. The van der Waals surface area contributed by atoms with Crippen LogP contribution in [-0.2, 0) is 14.4 Å². The summed E-state index contributed by atoms with van der Waals surface area (Å²) in [5.41, 5.74) is 2.28. The number of imide groups is 1. The highest BCUT2D eigenvalue weighted by Gasteiger charge is 2.31. The molecule has 2 amide bonds. The first-order valence-corrected chi connectivity index (χ1v) is 10.9. The molecule has 2 fully saturated rings. The Morgan fingerprint density at radius 1 is 1.07 bits per heavy atom. The summed E-state index contributed by atoms with van der Waals surface area (Å²) in [5.74, 6) is -0.244. The average molecular weight is 419 g/mol. The molecular weight excluding hydrogens is 380 g/mol. The third-order valence-electron chi connectivity index (χ3n) is 5.23. The minimum Gasteiger partial charge on any atom is -0.388 e. The highest BCUT2D eigenvalue weighted by molar-refractivity contribution is 6.00. The van der Waals surface area contributed by atoms with Crippen molar-refractivity contribution in [1.82, 2.24) is 20.6 Å². The summed E-state index contributed by atoms with van der Waals surface area (Å²) in [7, 11) is 0. The van der Waals surface area contributed by atoms with Crippen LogP contribution in [0.2, 0.25) is 0 Å². The van der Waals surface area contributed by atoms with Crippen molar-refractivity contribution < 1.29 is 14.4 Å². The van der Waals surface area contributed by atoms with Gasteiger partial charge in [0, 0.05) is 62.8 Å². The lowest BCUT2D eigenvalue weighted by molar-refractivity contribution is -0.177. The summed E-state index contributed by atoms with van der Waals surface area (Å²) in [6.07, 6.45) is 4.05. The van der Waals surface area contributed by atoms with Gasteiger partial charge in [0.05, 0.1) is 0 Å². The van der Waals surface area contributed by atoms with Gasteiger partial charge in [-0.1, -0.05) is 40.5 Å². The second-order valence-corrected chi connectivity index (χ2v) is 9.38. The van der Waals surface area contributed by atoms with E-state index in [1.54, 1.807) is 0 Å². The van der Waals surface area contributed by atoms with Gasteiger partial charge in [-0.15, -0.1) is 5.06 Å². The molecule has 0 radical (unpaired) electrons. The molecule has 0 spiro atoms. The van der Waals surface area contributed by atoms with Crippen LogP contribution < -0.4 is 10.6 Å². The number of amides is 2. The lowest BCUT2D eigenvalue weighted by atomic mass is 9.95. The number of rotatable bonds is 12. The third-order valence-corrected chi connectivity index (χ3v) is 5.23. The maximum atomic E-state index is 11.6. The van der Waals surface area contributed by atoms with Crippen molar-refractivity contribution in [2.24, 2.45) is 5.41 Å². The molecule has 1 atom stereocenters. The molecule has 0 aliphatic carbocycles. The zero-order valence-electron chi connectivity index (χ0n) is 18.9. The largest absolute Gasteiger partial charge is 0.388 e. The summed E-state index contributed by atoms with van der Waals surface area (Å²) in [5, 5.41) is 7.53. The Morgan fingerprint density at radius 3 is 2.33 bits per heavy atom. The molecule has 1 unspecified atom stereocenters. The Kier molecular flexibility index (Phi) is 8.53. The molecule has 0 aromatic heterocycles. The number of carbonyl (C=O) groups is 2. The van der Waals surface area contributed by atoms with Crippen LogP contribution in [-0.4, -0.2) is 54.0 Å². The third kappa shape index (κ3) is 7.52. The Bertz CT molecular complexity index is 664. The summed E-state index contributed by atoms with van der Waals surface area (Å²) >= 11 is 0. The van der Waals surface area contributed by atoms with Gasteiger partial charge in [-0.2, -0.15) is 0 Å². The molecule has 2 saturated heterocycles. The van der Waals surface area contributed by atoms with Crippen LogP contribution in [0, 0.1) is 5.41 Å². The van der Waals surface area contributed by atoms with Crippen LogP contribution >= 0.6 is 0 Å². The van der Waals surface area contributed by atoms with Gasteiger partial charge in [-0.3, -0.25) is 14.5 Å². The number of hydrogen-bond donors (Lipinski definition) is 2. The predicted octanol–water partition coefficient (Wildman–Crippen LogP) is 3.08. The minimum atomic E-state index is -0.312. The quantitative estimate of drug-likeness (QED) is 0.375. The predicted molar refractivity (Wildman–Crippen MR) is 119 cm³/mol. The molecule has 2 heterocycles. The van der Waals surface area contributed by atoms with E-state index in [0.29, 0.717) is 24.8 Å². The topological polar surface area (TPSA) is 73.9 Å². The number of hydroxylamine groups is 2. The molecule has 7 heteroatoms. The van der Waals surface area contributed by atoms with Gasteiger partial charge in [-0.05, 0) is 24.8 Å². The molecule has 30 heavy (non-hydrogen) atoms. The second kappa shape index (κ2) is 10.7. The zero-order chi connectivity index (χ0) is 22.3. The van der Waals surface area contributed by atoms with Gasteiger partial charge >= 0.3 is 0 Å². The van der Waals surface area contributed by atoms with Crippen molar-refractivity contribution in [3.8, 4) is 0 Å². The Labute approximate surface area is 181 Å². The number of likely N-dealkylation sites (tertiary alicyclic amines) is 1.